The van der Waals surface area contributed by atoms with Crippen molar-refractivity contribution in [2.45, 2.75) is 65.1 Å². The van der Waals surface area contributed by atoms with Crippen molar-refractivity contribution in [3.63, 3.8) is 0 Å². The molecule has 0 aromatic heterocycles. The molecule has 0 heterocycles. The molecule has 0 saturated carbocycles. The van der Waals surface area contributed by atoms with Gasteiger partial charge in [0.1, 0.15) is 43.6 Å². The summed E-state index contributed by atoms with van der Waals surface area (Å²) in [5.74, 6) is -2.83. The smallest absolute Gasteiger partial charge is 0.408 e. The summed E-state index contributed by atoms with van der Waals surface area (Å²) in [4.78, 5) is 72.8. The highest BCUT2D eigenvalue weighted by Crippen LogP contribution is 2.13. The standard InChI is InChI=1S/C30H44N2O12S/c1-18(2)23(33)40-14-29(9,15-41-24(34)19(3)4)31-27(37)39-12-11-22(13-45)44-28(38)32-30(10,16-42-25(35)20(5)6)17-43-26(36)21(7)8/h22,45H,1,3,5,7,11-17H2,2,4,6,8-10H3,(H,31,37)(H,32,38). The minimum absolute atomic E-state index is 0.0162. The van der Waals surface area contributed by atoms with Gasteiger partial charge in [0, 0.05) is 34.5 Å². The first-order chi connectivity index (χ1) is 20.7. The molecule has 0 aliphatic rings. The molecule has 0 bridgehead atoms. The zero-order valence-corrected chi connectivity index (χ0v) is 27.6. The summed E-state index contributed by atoms with van der Waals surface area (Å²) in [7, 11) is 0. The Morgan fingerprint density at radius 3 is 1.20 bits per heavy atom. The molecule has 0 rings (SSSR count). The van der Waals surface area contributed by atoms with Gasteiger partial charge in [0.15, 0.2) is 0 Å². The molecule has 45 heavy (non-hydrogen) atoms. The normalized spacial score (nSPS) is 11.5. The predicted molar refractivity (Wildman–Crippen MR) is 166 cm³/mol. The Hall–Kier alpha value is -4.27. The number of carbonyl (C=O) groups excluding carboxylic acids is 6. The largest absolute Gasteiger partial charge is 0.460 e. The monoisotopic (exact) mass is 656 g/mol. The number of thiol groups is 1. The van der Waals surface area contributed by atoms with Crippen LogP contribution in [0.1, 0.15) is 48.0 Å². The molecule has 0 fully saturated rings. The number of hydrogen-bond acceptors (Lipinski definition) is 13. The van der Waals surface area contributed by atoms with E-state index in [-0.39, 0.29) is 67.5 Å². The van der Waals surface area contributed by atoms with Crippen LogP contribution >= 0.6 is 12.6 Å². The SMILES string of the molecule is C=C(C)C(=O)OCC(C)(COC(=O)C(=C)C)NC(=O)OCCC(CS)OC(=O)NC(C)(COC(=O)C(=C)C)COC(=O)C(=C)C. The van der Waals surface area contributed by atoms with Gasteiger partial charge < -0.3 is 39.1 Å². The molecule has 0 radical (unpaired) electrons. The maximum absolute atomic E-state index is 12.7. The molecule has 0 aliphatic heterocycles. The van der Waals surface area contributed by atoms with E-state index in [1.54, 1.807) is 0 Å². The predicted octanol–water partition coefficient (Wildman–Crippen LogP) is 3.12. The van der Waals surface area contributed by atoms with E-state index in [1.165, 1.54) is 41.5 Å². The first-order valence-electron chi connectivity index (χ1n) is 13.6. The van der Waals surface area contributed by atoms with Crippen molar-refractivity contribution < 1.29 is 57.2 Å². The summed E-state index contributed by atoms with van der Waals surface area (Å²) in [5.41, 5.74) is -2.27. The second-order valence-corrected chi connectivity index (χ2v) is 11.3. The minimum atomic E-state index is -1.39. The van der Waals surface area contributed by atoms with Gasteiger partial charge in [-0.1, -0.05) is 26.3 Å². The third kappa shape index (κ3) is 17.0. The van der Waals surface area contributed by atoms with Crippen LogP contribution in [0, 0.1) is 0 Å². The van der Waals surface area contributed by atoms with Crippen molar-refractivity contribution in [1.82, 2.24) is 10.6 Å². The van der Waals surface area contributed by atoms with E-state index < -0.39 is 53.2 Å². The minimum Gasteiger partial charge on any atom is -0.460 e. The summed E-state index contributed by atoms with van der Waals surface area (Å²) in [5, 5.41) is 5.01. The van der Waals surface area contributed by atoms with Gasteiger partial charge in [-0.2, -0.15) is 12.6 Å². The van der Waals surface area contributed by atoms with E-state index in [2.05, 4.69) is 49.6 Å². The van der Waals surface area contributed by atoms with Gasteiger partial charge in [0.2, 0.25) is 0 Å². The zero-order valence-electron chi connectivity index (χ0n) is 26.7. The lowest BCUT2D eigenvalue weighted by atomic mass is 10.1. The van der Waals surface area contributed by atoms with Crippen molar-refractivity contribution in [3.05, 3.63) is 48.6 Å². The molecular formula is C30H44N2O12S. The van der Waals surface area contributed by atoms with Crippen LogP contribution in [0.4, 0.5) is 9.59 Å². The third-order valence-electron chi connectivity index (χ3n) is 5.44. The fourth-order valence-electron chi connectivity index (χ4n) is 2.80. The first-order valence-corrected chi connectivity index (χ1v) is 14.2. The quantitative estimate of drug-likeness (QED) is 0.0801. The Morgan fingerprint density at radius 2 is 0.911 bits per heavy atom. The summed E-state index contributed by atoms with van der Waals surface area (Å²) in [6, 6.07) is 0. The summed E-state index contributed by atoms with van der Waals surface area (Å²) < 4.78 is 31.1. The molecule has 2 N–H and O–H groups in total. The molecule has 0 aromatic carbocycles. The fourth-order valence-corrected chi connectivity index (χ4v) is 3.06. The highest BCUT2D eigenvalue weighted by Gasteiger charge is 2.33. The van der Waals surface area contributed by atoms with Gasteiger partial charge in [0.05, 0.1) is 6.61 Å². The van der Waals surface area contributed by atoms with E-state index in [9.17, 15) is 28.8 Å². The average molecular weight is 657 g/mol. The second-order valence-electron chi connectivity index (χ2n) is 10.9. The highest BCUT2D eigenvalue weighted by molar-refractivity contribution is 7.80. The molecule has 0 spiro atoms. The second kappa shape index (κ2) is 19.2. The van der Waals surface area contributed by atoms with Crippen LogP contribution in [-0.4, -0.2) is 92.0 Å². The Labute approximate surface area is 268 Å². The topological polar surface area (TPSA) is 182 Å². The number of hydrogen-bond donors (Lipinski definition) is 3. The van der Waals surface area contributed by atoms with Crippen LogP contribution in [0.5, 0.6) is 0 Å². The van der Waals surface area contributed by atoms with E-state index in [0.29, 0.717) is 0 Å². The molecule has 0 aromatic rings. The maximum Gasteiger partial charge on any atom is 0.408 e. The lowest BCUT2D eigenvalue weighted by Gasteiger charge is -2.30. The van der Waals surface area contributed by atoms with E-state index in [0.717, 1.165) is 0 Å². The molecule has 0 saturated heterocycles. The van der Waals surface area contributed by atoms with Crippen molar-refractivity contribution >= 4 is 48.7 Å². The Morgan fingerprint density at radius 1 is 0.600 bits per heavy atom. The van der Waals surface area contributed by atoms with Crippen LogP contribution in [-0.2, 0) is 47.6 Å². The maximum atomic E-state index is 12.7. The Kier molecular flexibility index (Phi) is 17.4. The molecule has 0 aliphatic carbocycles. The molecule has 1 atom stereocenters. The molecular weight excluding hydrogens is 612 g/mol. The highest BCUT2D eigenvalue weighted by atomic mass is 32.1. The van der Waals surface area contributed by atoms with Crippen molar-refractivity contribution in [3.8, 4) is 0 Å². The number of esters is 4. The van der Waals surface area contributed by atoms with E-state index in [1.807, 2.05) is 0 Å². The number of carbonyl (C=O) groups is 6. The number of alkyl carbamates (subject to hydrolysis) is 2. The van der Waals surface area contributed by atoms with E-state index in [4.69, 9.17) is 28.4 Å². The van der Waals surface area contributed by atoms with Crippen LogP contribution in [0.3, 0.4) is 0 Å². The van der Waals surface area contributed by atoms with Gasteiger partial charge in [-0.3, -0.25) is 0 Å². The number of ether oxygens (including phenoxy) is 6. The van der Waals surface area contributed by atoms with Gasteiger partial charge in [-0.25, -0.2) is 28.8 Å². The summed E-state index contributed by atoms with van der Waals surface area (Å²) in [6.07, 6.45) is -2.72. The number of rotatable bonds is 19. The average Bonchev–Trinajstić information content (AvgIpc) is 2.95. The van der Waals surface area contributed by atoms with Gasteiger partial charge >= 0.3 is 36.1 Å². The van der Waals surface area contributed by atoms with Crippen molar-refractivity contribution in [2.24, 2.45) is 0 Å². The Balaban J connectivity index is 5.26. The van der Waals surface area contributed by atoms with Gasteiger partial charge in [-0.05, 0) is 41.5 Å². The first kappa shape index (κ1) is 40.7. The molecule has 2 amide bonds. The van der Waals surface area contributed by atoms with Crippen molar-refractivity contribution in [2.75, 3.05) is 38.8 Å². The van der Waals surface area contributed by atoms with Crippen LogP contribution in [0.15, 0.2) is 48.6 Å². The molecule has 1 unspecified atom stereocenters. The summed E-state index contributed by atoms with van der Waals surface area (Å²) in [6.45, 7) is 20.9. The number of nitrogens with one attached hydrogen (secondary N) is 2. The number of amides is 2. The fraction of sp³-hybridized carbons (Fsp3) is 0.533. The molecule has 15 heteroatoms. The molecule has 252 valence electrons. The molecule has 14 nitrogen and oxygen atoms in total. The third-order valence-corrected chi connectivity index (χ3v) is 5.85. The Bertz CT molecular complexity index is 1120. The lowest BCUT2D eigenvalue weighted by Crippen LogP contribution is -2.54. The van der Waals surface area contributed by atoms with Crippen LogP contribution in [0.25, 0.3) is 0 Å². The van der Waals surface area contributed by atoms with Crippen LogP contribution in [0.2, 0.25) is 0 Å². The lowest BCUT2D eigenvalue weighted by molar-refractivity contribution is -0.147. The summed E-state index contributed by atoms with van der Waals surface area (Å²) >= 11 is 4.17. The van der Waals surface area contributed by atoms with Crippen molar-refractivity contribution in [1.29, 1.82) is 0 Å². The van der Waals surface area contributed by atoms with Gasteiger partial charge in [-0.15, -0.1) is 0 Å². The van der Waals surface area contributed by atoms with E-state index >= 15 is 0 Å². The van der Waals surface area contributed by atoms with Crippen LogP contribution < -0.4 is 10.6 Å². The zero-order chi connectivity index (χ0) is 35.0. The van der Waals surface area contributed by atoms with Gasteiger partial charge in [0.25, 0.3) is 0 Å².